The molecule has 0 atom stereocenters. The second-order valence-electron chi connectivity index (χ2n) is 10.6. The first kappa shape index (κ1) is 31.5. The lowest BCUT2D eigenvalue weighted by Gasteiger charge is -2.06. The van der Waals surface area contributed by atoms with Gasteiger partial charge in [0.15, 0.2) is 0 Å². The second-order valence-corrected chi connectivity index (χ2v) is 10.6. The molecule has 0 amide bonds. The van der Waals surface area contributed by atoms with E-state index in [-0.39, 0.29) is 5.97 Å². The van der Waals surface area contributed by atoms with E-state index >= 15 is 0 Å². The molecule has 0 saturated heterocycles. The summed E-state index contributed by atoms with van der Waals surface area (Å²) in [6.07, 6.45) is 31.3. The number of unbranched alkanes of at least 4 members (excludes halogenated alkanes) is 20. The maximum Gasteiger partial charge on any atom is 0.305 e. The minimum absolute atomic E-state index is 0.0227. The fourth-order valence-electron chi connectivity index (χ4n) is 4.44. The van der Waals surface area contributed by atoms with Crippen molar-refractivity contribution >= 4 is 5.97 Å². The average Bonchev–Trinajstić information content (AvgIpc) is 2.77. The summed E-state index contributed by atoms with van der Waals surface area (Å²) < 4.78 is 5.40. The van der Waals surface area contributed by atoms with Crippen molar-refractivity contribution in [1.82, 2.24) is 0 Å². The van der Waals surface area contributed by atoms with Gasteiger partial charge in [-0.1, -0.05) is 156 Å². The van der Waals surface area contributed by atoms with Crippen LogP contribution < -0.4 is 0 Å². The molecule has 2 nitrogen and oxygen atoms in total. The number of hydrogen-bond acceptors (Lipinski definition) is 2. The van der Waals surface area contributed by atoms with Crippen molar-refractivity contribution < 1.29 is 9.53 Å². The van der Waals surface area contributed by atoms with E-state index in [2.05, 4.69) is 20.8 Å². The number of carbonyl (C=O) groups is 1. The van der Waals surface area contributed by atoms with Crippen LogP contribution in [0.3, 0.4) is 0 Å². The molecule has 0 fully saturated rings. The summed E-state index contributed by atoms with van der Waals surface area (Å²) in [5, 5.41) is 0. The molecule has 192 valence electrons. The predicted octanol–water partition coefficient (Wildman–Crippen LogP) is 10.6. The Labute approximate surface area is 203 Å². The van der Waals surface area contributed by atoms with Crippen LogP contribution in [0.15, 0.2) is 0 Å². The zero-order chi connectivity index (χ0) is 23.5. The van der Waals surface area contributed by atoms with E-state index in [0.717, 1.165) is 18.8 Å². The minimum Gasteiger partial charge on any atom is -0.466 e. The largest absolute Gasteiger partial charge is 0.466 e. The Morgan fingerprint density at radius 1 is 0.531 bits per heavy atom. The Kier molecular flexibility index (Phi) is 26.3. The highest BCUT2D eigenvalue weighted by atomic mass is 16.5. The van der Waals surface area contributed by atoms with Crippen LogP contribution in [0.4, 0.5) is 0 Å². The molecule has 0 saturated carbocycles. The molecule has 0 heterocycles. The van der Waals surface area contributed by atoms with Crippen molar-refractivity contribution in [2.24, 2.45) is 5.92 Å². The van der Waals surface area contributed by atoms with Gasteiger partial charge in [-0.05, 0) is 18.8 Å². The monoisotopic (exact) mass is 452 g/mol. The molecule has 0 aliphatic heterocycles. The molecular weight excluding hydrogens is 392 g/mol. The smallest absolute Gasteiger partial charge is 0.305 e. The fraction of sp³-hybridized carbons (Fsp3) is 0.967. The molecule has 0 bridgehead atoms. The van der Waals surface area contributed by atoms with E-state index in [1.807, 2.05) is 0 Å². The summed E-state index contributed by atoms with van der Waals surface area (Å²) in [5.41, 5.74) is 0. The van der Waals surface area contributed by atoms with Crippen LogP contribution in [0.25, 0.3) is 0 Å². The lowest BCUT2D eigenvalue weighted by atomic mass is 10.0. The highest BCUT2D eigenvalue weighted by Gasteiger charge is 2.02. The third kappa shape index (κ3) is 27.5. The summed E-state index contributed by atoms with van der Waals surface area (Å²) >= 11 is 0. The van der Waals surface area contributed by atoms with E-state index < -0.39 is 0 Å². The summed E-state index contributed by atoms with van der Waals surface area (Å²) in [6.45, 7) is 7.55. The van der Waals surface area contributed by atoms with Crippen molar-refractivity contribution in [2.45, 2.75) is 175 Å². The van der Waals surface area contributed by atoms with E-state index in [1.165, 1.54) is 135 Å². The number of rotatable bonds is 26. The SMILES string of the molecule is CCCCCCCCCCCCCCCC(=O)OCCCCCCCCCCCC(C)C. The van der Waals surface area contributed by atoms with Gasteiger partial charge in [-0.2, -0.15) is 0 Å². The Morgan fingerprint density at radius 3 is 1.34 bits per heavy atom. The summed E-state index contributed by atoms with van der Waals surface area (Å²) in [6, 6.07) is 0. The van der Waals surface area contributed by atoms with Gasteiger partial charge in [0.25, 0.3) is 0 Å². The molecule has 32 heavy (non-hydrogen) atoms. The highest BCUT2D eigenvalue weighted by Crippen LogP contribution is 2.14. The van der Waals surface area contributed by atoms with E-state index in [1.54, 1.807) is 0 Å². The maximum atomic E-state index is 11.8. The van der Waals surface area contributed by atoms with Crippen LogP contribution in [0.1, 0.15) is 175 Å². The number of hydrogen-bond donors (Lipinski definition) is 0. The van der Waals surface area contributed by atoms with Crippen molar-refractivity contribution in [2.75, 3.05) is 6.61 Å². The van der Waals surface area contributed by atoms with Gasteiger partial charge in [0, 0.05) is 6.42 Å². The molecule has 0 aromatic heterocycles. The summed E-state index contributed by atoms with van der Waals surface area (Å²) in [5.74, 6) is 0.882. The molecule has 0 spiro atoms. The predicted molar refractivity (Wildman–Crippen MR) is 142 cm³/mol. The summed E-state index contributed by atoms with van der Waals surface area (Å²) in [4.78, 5) is 11.8. The van der Waals surface area contributed by atoms with Gasteiger partial charge >= 0.3 is 5.97 Å². The quantitative estimate of drug-likeness (QED) is 0.0963. The van der Waals surface area contributed by atoms with Crippen LogP contribution in [-0.2, 0) is 9.53 Å². The second kappa shape index (κ2) is 26.7. The van der Waals surface area contributed by atoms with Gasteiger partial charge < -0.3 is 4.74 Å². The molecule has 0 rings (SSSR count). The van der Waals surface area contributed by atoms with Crippen LogP contribution in [-0.4, -0.2) is 12.6 Å². The fourth-order valence-corrected chi connectivity index (χ4v) is 4.44. The third-order valence-electron chi connectivity index (χ3n) is 6.67. The summed E-state index contributed by atoms with van der Waals surface area (Å²) in [7, 11) is 0. The molecule has 0 aromatic carbocycles. The van der Waals surface area contributed by atoms with Crippen molar-refractivity contribution in [3.63, 3.8) is 0 Å². The third-order valence-corrected chi connectivity index (χ3v) is 6.67. The van der Waals surface area contributed by atoms with Gasteiger partial charge in [0.2, 0.25) is 0 Å². The highest BCUT2D eigenvalue weighted by molar-refractivity contribution is 5.69. The first-order valence-corrected chi connectivity index (χ1v) is 14.8. The van der Waals surface area contributed by atoms with Gasteiger partial charge in [-0.15, -0.1) is 0 Å². The van der Waals surface area contributed by atoms with Crippen LogP contribution in [0, 0.1) is 5.92 Å². The minimum atomic E-state index is 0.0227. The number of carbonyl (C=O) groups excluding carboxylic acids is 1. The van der Waals surface area contributed by atoms with E-state index in [9.17, 15) is 4.79 Å². The van der Waals surface area contributed by atoms with Gasteiger partial charge in [0.1, 0.15) is 0 Å². The zero-order valence-electron chi connectivity index (χ0n) is 22.6. The maximum absolute atomic E-state index is 11.8. The van der Waals surface area contributed by atoms with Gasteiger partial charge in [-0.3, -0.25) is 4.79 Å². The normalized spacial score (nSPS) is 11.4. The van der Waals surface area contributed by atoms with Crippen molar-refractivity contribution in [3.8, 4) is 0 Å². The van der Waals surface area contributed by atoms with Crippen molar-refractivity contribution in [3.05, 3.63) is 0 Å². The van der Waals surface area contributed by atoms with Crippen LogP contribution in [0.2, 0.25) is 0 Å². The molecule has 0 unspecified atom stereocenters. The lowest BCUT2D eigenvalue weighted by Crippen LogP contribution is -2.05. The first-order valence-electron chi connectivity index (χ1n) is 14.8. The molecular formula is C30H60O2. The van der Waals surface area contributed by atoms with Gasteiger partial charge in [-0.25, -0.2) is 0 Å². The van der Waals surface area contributed by atoms with E-state index in [0.29, 0.717) is 13.0 Å². The van der Waals surface area contributed by atoms with Crippen molar-refractivity contribution in [1.29, 1.82) is 0 Å². The van der Waals surface area contributed by atoms with Crippen LogP contribution >= 0.6 is 0 Å². The first-order chi connectivity index (χ1) is 15.7. The Hall–Kier alpha value is -0.530. The van der Waals surface area contributed by atoms with Gasteiger partial charge in [0.05, 0.1) is 6.61 Å². The number of esters is 1. The average molecular weight is 453 g/mol. The lowest BCUT2D eigenvalue weighted by molar-refractivity contribution is -0.143. The molecule has 0 aliphatic rings. The molecule has 0 N–H and O–H groups in total. The van der Waals surface area contributed by atoms with Crippen LogP contribution in [0.5, 0.6) is 0 Å². The molecule has 2 heteroatoms. The zero-order valence-corrected chi connectivity index (χ0v) is 22.6. The number of ether oxygens (including phenoxy) is 1. The van der Waals surface area contributed by atoms with E-state index in [4.69, 9.17) is 4.74 Å². The molecule has 0 aromatic rings. The molecule has 0 radical (unpaired) electrons. The Balaban J connectivity index is 3.15. The Bertz CT molecular complexity index is 364. The topological polar surface area (TPSA) is 26.3 Å². The Morgan fingerprint density at radius 2 is 0.906 bits per heavy atom. The molecule has 0 aliphatic carbocycles. The standard InChI is InChI=1S/C30H60O2/c1-4-5-6-7-8-9-10-11-12-15-18-21-24-27-30(31)32-28-25-22-19-16-13-14-17-20-23-26-29(2)3/h29H,4-28H2,1-3H3.